The largest absolute Gasteiger partial charge is 0.305 e. The molecular formula is C27H45NO. The summed E-state index contributed by atoms with van der Waals surface area (Å²) in [6.45, 7) is 18.9. The van der Waals surface area contributed by atoms with Crippen LogP contribution in [0.15, 0.2) is 42.5 Å². The van der Waals surface area contributed by atoms with Crippen molar-refractivity contribution in [2.45, 2.75) is 75.3 Å². The molecule has 0 unspecified atom stereocenters. The number of ketones is 1. The lowest BCUT2D eigenvalue weighted by Gasteiger charge is -2.13. The Balaban J connectivity index is 0. The molecule has 2 aromatic carbocycles. The number of carbonyl (C=O) groups is 1. The van der Waals surface area contributed by atoms with Crippen LogP contribution in [0.2, 0.25) is 0 Å². The number of Topliss-reactive ketones (excluding diaryl/α,β-unsaturated/α-hetero) is 1. The first-order valence-electron chi connectivity index (χ1n) is 10.9. The van der Waals surface area contributed by atoms with Gasteiger partial charge in [-0.25, -0.2) is 0 Å². The van der Waals surface area contributed by atoms with Crippen LogP contribution in [0.5, 0.6) is 0 Å². The van der Waals surface area contributed by atoms with Crippen LogP contribution in [0.1, 0.15) is 72.1 Å². The number of rotatable bonds is 4. The minimum absolute atomic E-state index is 0.167. The molecule has 2 aromatic rings. The Labute approximate surface area is 181 Å². The van der Waals surface area contributed by atoms with Crippen LogP contribution in [-0.4, -0.2) is 24.8 Å². The molecule has 2 heteroatoms. The van der Waals surface area contributed by atoms with E-state index in [1.807, 2.05) is 13.8 Å². The summed E-state index contributed by atoms with van der Waals surface area (Å²) in [6.07, 6.45) is 1.09. The fourth-order valence-electron chi connectivity index (χ4n) is 2.40. The van der Waals surface area contributed by atoms with E-state index in [1.165, 1.54) is 41.7 Å². The first-order valence-corrected chi connectivity index (χ1v) is 10.9. The maximum Gasteiger partial charge on any atom is 0.126 e. The van der Waals surface area contributed by atoms with Crippen molar-refractivity contribution in [2.75, 3.05) is 14.1 Å². The Morgan fingerprint density at radius 1 is 0.931 bits per heavy atom. The lowest BCUT2D eigenvalue weighted by Crippen LogP contribution is -2.10. The molecule has 0 aliphatic carbocycles. The van der Waals surface area contributed by atoms with Crippen molar-refractivity contribution < 1.29 is 4.79 Å². The van der Waals surface area contributed by atoms with Crippen molar-refractivity contribution >= 4 is 5.78 Å². The second-order valence-corrected chi connectivity index (χ2v) is 8.08. The molecule has 0 atom stereocenters. The molecule has 0 fully saturated rings. The Bertz CT molecular complexity index is 680. The van der Waals surface area contributed by atoms with Gasteiger partial charge in [0.2, 0.25) is 0 Å². The number of benzene rings is 2. The highest BCUT2D eigenvalue weighted by molar-refractivity contribution is 5.72. The van der Waals surface area contributed by atoms with Crippen molar-refractivity contribution in [3.8, 4) is 11.1 Å². The maximum absolute atomic E-state index is 9.44. The van der Waals surface area contributed by atoms with Crippen molar-refractivity contribution in [1.82, 2.24) is 4.90 Å². The van der Waals surface area contributed by atoms with Crippen molar-refractivity contribution in [1.29, 1.82) is 0 Å². The van der Waals surface area contributed by atoms with E-state index in [2.05, 4.69) is 96.1 Å². The second kappa shape index (κ2) is 17.0. The predicted molar refractivity (Wildman–Crippen MR) is 132 cm³/mol. The van der Waals surface area contributed by atoms with E-state index in [1.54, 1.807) is 0 Å². The summed E-state index contributed by atoms with van der Waals surface area (Å²) in [5.41, 5.74) is 6.80. The van der Waals surface area contributed by atoms with Gasteiger partial charge in [0.15, 0.2) is 0 Å². The summed E-state index contributed by atoms with van der Waals surface area (Å²) >= 11 is 0. The van der Waals surface area contributed by atoms with Gasteiger partial charge < -0.3 is 9.69 Å². The van der Waals surface area contributed by atoms with Crippen LogP contribution in [0.25, 0.3) is 11.1 Å². The monoisotopic (exact) mass is 399 g/mol. The molecule has 0 bridgehead atoms. The second-order valence-electron chi connectivity index (χ2n) is 8.08. The van der Waals surface area contributed by atoms with Gasteiger partial charge in [-0.05, 0) is 81.1 Å². The number of hydrogen-bond acceptors (Lipinski definition) is 2. The average molecular weight is 400 g/mol. The van der Waals surface area contributed by atoms with E-state index in [4.69, 9.17) is 0 Å². The Hall–Kier alpha value is -1.93. The first kappa shape index (κ1) is 29.3. The molecular weight excluding hydrogens is 354 g/mol. The molecule has 0 saturated heterocycles. The minimum atomic E-state index is 0.167. The molecule has 2 nitrogen and oxygen atoms in total. The molecule has 29 heavy (non-hydrogen) atoms. The molecule has 0 heterocycles. The quantitative estimate of drug-likeness (QED) is 0.528. The molecule has 0 saturated carbocycles. The van der Waals surface area contributed by atoms with Crippen molar-refractivity contribution in [3.05, 3.63) is 59.2 Å². The zero-order valence-corrected chi connectivity index (χ0v) is 20.9. The number of hydrogen-bond donors (Lipinski definition) is 0. The summed E-state index contributed by atoms with van der Waals surface area (Å²) in [6, 6.07) is 15.6. The van der Waals surface area contributed by atoms with E-state index < -0.39 is 0 Å². The Kier molecular flexibility index (Phi) is 17.1. The highest BCUT2D eigenvalue weighted by atomic mass is 16.1. The molecule has 0 aliphatic heterocycles. The highest BCUT2D eigenvalue weighted by Crippen LogP contribution is 2.26. The van der Waals surface area contributed by atoms with Crippen molar-refractivity contribution in [2.24, 2.45) is 5.92 Å². The molecule has 164 valence electrons. The van der Waals surface area contributed by atoms with E-state index in [9.17, 15) is 4.79 Å². The molecule has 2 rings (SSSR count). The smallest absolute Gasteiger partial charge is 0.126 e. The molecule has 0 amide bonds. The maximum atomic E-state index is 9.44. The first-order chi connectivity index (χ1) is 13.6. The van der Waals surface area contributed by atoms with Crippen molar-refractivity contribution in [3.63, 3.8) is 0 Å². The van der Waals surface area contributed by atoms with Gasteiger partial charge in [-0.1, -0.05) is 77.9 Å². The zero-order chi connectivity index (χ0) is 23.0. The summed E-state index contributed by atoms with van der Waals surface area (Å²) in [5, 5.41) is 0. The van der Waals surface area contributed by atoms with Crippen LogP contribution >= 0.6 is 0 Å². The van der Waals surface area contributed by atoms with Gasteiger partial charge in [0.05, 0.1) is 0 Å². The summed E-state index contributed by atoms with van der Waals surface area (Å²) in [5.74, 6) is 1.00. The van der Waals surface area contributed by atoms with Crippen LogP contribution in [0.3, 0.4) is 0 Å². The number of nitrogens with zero attached hydrogens (tertiary/aromatic N) is 1. The molecule has 0 radical (unpaired) electrons. The zero-order valence-electron chi connectivity index (χ0n) is 20.9. The lowest BCUT2D eigenvalue weighted by molar-refractivity contribution is -0.114. The third-order valence-electron chi connectivity index (χ3n) is 3.45. The summed E-state index contributed by atoms with van der Waals surface area (Å²) < 4.78 is 0. The van der Waals surface area contributed by atoms with Gasteiger partial charge in [-0.2, -0.15) is 0 Å². The van der Waals surface area contributed by atoms with Gasteiger partial charge in [-0.3, -0.25) is 0 Å². The van der Waals surface area contributed by atoms with E-state index >= 15 is 0 Å². The third-order valence-corrected chi connectivity index (χ3v) is 3.45. The normalized spacial score (nSPS) is 9.55. The number of carbonyl (C=O) groups excluding carboxylic acids is 1. The van der Waals surface area contributed by atoms with Crippen LogP contribution in [0, 0.1) is 12.8 Å². The average Bonchev–Trinajstić information content (AvgIpc) is 2.62. The Morgan fingerprint density at radius 2 is 1.45 bits per heavy atom. The van der Waals surface area contributed by atoms with Crippen LogP contribution in [0.4, 0.5) is 0 Å². The number of aryl methyl sites for hydroxylation is 2. The minimum Gasteiger partial charge on any atom is -0.305 e. The van der Waals surface area contributed by atoms with E-state index in [0.29, 0.717) is 0 Å². The molecule has 0 aliphatic rings. The Morgan fingerprint density at radius 3 is 1.90 bits per heavy atom. The van der Waals surface area contributed by atoms with Crippen LogP contribution in [-0.2, 0) is 17.8 Å². The summed E-state index contributed by atoms with van der Waals surface area (Å²) in [7, 11) is 4.21. The van der Waals surface area contributed by atoms with Gasteiger partial charge in [0, 0.05) is 6.54 Å². The van der Waals surface area contributed by atoms with Gasteiger partial charge >= 0.3 is 0 Å². The van der Waals surface area contributed by atoms with Crippen LogP contribution < -0.4 is 0 Å². The third kappa shape index (κ3) is 15.6. The molecule has 0 aromatic heterocycles. The summed E-state index contributed by atoms with van der Waals surface area (Å²) in [4.78, 5) is 11.6. The van der Waals surface area contributed by atoms with Gasteiger partial charge in [0.25, 0.3) is 0 Å². The lowest BCUT2D eigenvalue weighted by atomic mass is 9.96. The van der Waals surface area contributed by atoms with Gasteiger partial charge in [-0.15, -0.1) is 0 Å². The topological polar surface area (TPSA) is 20.3 Å². The van der Waals surface area contributed by atoms with E-state index in [0.717, 1.165) is 18.9 Å². The standard InChI is InChI=1S/C18H23N.C4H10.C3H6O.C2H6/c1-5-15-10-9-14(2)18(12-15)17-8-6-7-16(11-17)13-19(3)4;1-4(2)3;1-3(2)4;1-2/h6-12H,5,13H2,1-4H3;4H,1-3H3;1-2H3;1-2H3. The molecule has 0 spiro atoms. The van der Waals surface area contributed by atoms with E-state index in [-0.39, 0.29) is 5.78 Å². The van der Waals surface area contributed by atoms with Gasteiger partial charge in [0.1, 0.15) is 5.78 Å². The fourth-order valence-corrected chi connectivity index (χ4v) is 2.40. The SMILES string of the molecule is CC.CC(C)=O.CC(C)C.CCc1ccc(C)c(-c2cccc(CN(C)C)c2)c1. The predicted octanol–water partition coefficient (Wildman–Crippen LogP) is 7.57. The fraction of sp³-hybridized carbons (Fsp3) is 0.519. The molecule has 0 N–H and O–H groups in total. The highest BCUT2D eigenvalue weighted by Gasteiger charge is 2.04.